The van der Waals surface area contributed by atoms with E-state index in [0.29, 0.717) is 0 Å². The maximum absolute atomic E-state index is 4.42. The zero-order valence-electron chi connectivity index (χ0n) is 12.2. The summed E-state index contributed by atoms with van der Waals surface area (Å²) in [7, 11) is 0. The molecule has 0 aliphatic heterocycles. The summed E-state index contributed by atoms with van der Waals surface area (Å²) in [5.74, 6) is 2.95. The highest BCUT2D eigenvalue weighted by molar-refractivity contribution is 5.57. The van der Waals surface area contributed by atoms with Crippen LogP contribution in [-0.4, -0.2) is 23.1 Å². The maximum Gasteiger partial charge on any atom is 0.134 e. The lowest BCUT2D eigenvalue weighted by Crippen LogP contribution is -2.17. The van der Waals surface area contributed by atoms with E-state index in [2.05, 4.69) is 34.4 Å². The Morgan fingerprint density at radius 1 is 1.16 bits per heavy atom. The van der Waals surface area contributed by atoms with Crippen molar-refractivity contribution in [1.29, 1.82) is 0 Å². The second kappa shape index (κ2) is 7.31. The van der Waals surface area contributed by atoms with Crippen LogP contribution in [0.5, 0.6) is 0 Å². The van der Waals surface area contributed by atoms with Gasteiger partial charge in [-0.3, -0.25) is 0 Å². The second-order valence-corrected chi connectivity index (χ2v) is 5.34. The fourth-order valence-corrected chi connectivity index (χ4v) is 2.55. The molecule has 2 rings (SSSR count). The molecule has 106 valence electrons. The molecule has 0 bridgehead atoms. The summed E-state index contributed by atoms with van der Waals surface area (Å²) in [4.78, 5) is 8.77. The fraction of sp³-hybridized carbons (Fsp3) is 0.733. The summed E-state index contributed by atoms with van der Waals surface area (Å²) in [6.45, 7) is 6.22. The van der Waals surface area contributed by atoms with E-state index in [-0.39, 0.29) is 0 Å². The molecule has 0 aromatic carbocycles. The maximum atomic E-state index is 4.42. The van der Waals surface area contributed by atoms with E-state index in [1.165, 1.54) is 31.2 Å². The number of hydrogen-bond acceptors (Lipinski definition) is 4. The standard InChI is InChI=1S/C15H26N4/c1-3-6-13-14(16-4-2)18-11-19-15(13)17-10-9-12-7-5-8-12/h11-12H,3-10H2,1-2H3,(H2,16,17,18,19). The third-order valence-electron chi connectivity index (χ3n) is 3.86. The molecule has 4 heteroatoms. The van der Waals surface area contributed by atoms with Gasteiger partial charge in [0.25, 0.3) is 0 Å². The smallest absolute Gasteiger partial charge is 0.134 e. The third kappa shape index (κ3) is 3.82. The molecule has 0 radical (unpaired) electrons. The Bertz CT molecular complexity index is 388. The zero-order valence-corrected chi connectivity index (χ0v) is 12.2. The Morgan fingerprint density at radius 3 is 2.47 bits per heavy atom. The highest BCUT2D eigenvalue weighted by Crippen LogP contribution is 2.29. The van der Waals surface area contributed by atoms with Gasteiger partial charge in [-0.15, -0.1) is 0 Å². The van der Waals surface area contributed by atoms with Crippen LogP contribution in [0.2, 0.25) is 0 Å². The summed E-state index contributed by atoms with van der Waals surface area (Å²) in [6, 6.07) is 0. The first-order chi connectivity index (χ1) is 9.35. The average Bonchev–Trinajstić information content (AvgIpc) is 2.36. The van der Waals surface area contributed by atoms with E-state index in [4.69, 9.17) is 0 Å². The normalized spacial score (nSPS) is 15.1. The number of rotatable bonds is 8. The van der Waals surface area contributed by atoms with Gasteiger partial charge in [-0.05, 0) is 25.7 Å². The van der Waals surface area contributed by atoms with Gasteiger partial charge in [0.05, 0.1) is 0 Å². The van der Waals surface area contributed by atoms with Crippen molar-refractivity contribution in [3.8, 4) is 0 Å². The van der Waals surface area contributed by atoms with Gasteiger partial charge in [-0.2, -0.15) is 0 Å². The molecule has 0 atom stereocenters. The molecule has 0 amide bonds. The van der Waals surface area contributed by atoms with E-state index < -0.39 is 0 Å². The highest BCUT2D eigenvalue weighted by atomic mass is 15.1. The van der Waals surface area contributed by atoms with Crippen LogP contribution in [0.4, 0.5) is 11.6 Å². The summed E-state index contributed by atoms with van der Waals surface area (Å²) < 4.78 is 0. The minimum Gasteiger partial charge on any atom is -0.370 e. The first kappa shape index (κ1) is 14.1. The molecule has 0 spiro atoms. The van der Waals surface area contributed by atoms with Crippen molar-refractivity contribution in [3.05, 3.63) is 11.9 Å². The van der Waals surface area contributed by atoms with Gasteiger partial charge in [0.2, 0.25) is 0 Å². The van der Waals surface area contributed by atoms with Gasteiger partial charge in [0.15, 0.2) is 0 Å². The topological polar surface area (TPSA) is 49.8 Å². The van der Waals surface area contributed by atoms with Crippen molar-refractivity contribution < 1.29 is 0 Å². The van der Waals surface area contributed by atoms with Crippen LogP contribution in [0, 0.1) is 5.92 Å². The molecule has 1 fully saturated rings. The fourth-order valence-electron chi connectivity index (χ4n) is 2.55. The molecule has 1 aliphatic rings. The Morgan fingerprint density at radius 2 is 1.89 bits per heavy atom. The molecule has 2 N–H and O–H groups in total. The number of anilines is 2. The van der Waals surface area contributed by atoms with Crippen molar-refractivity contribution in [2.75, 3.05) is 23.7 Å². The summed E-state index contributed by atoms with van der Waals surface area (Å²) in [5.41, 5.74) is 1.24. The molecule has 1 saturated carbocycles. The van der Waals surface area contributed by atoms with Crippen LogP contribution in [0.15, 0.2) is 6.33 Å². The van der Waals surface area contributed by atoms with Gasteiger partial charge < -0.3 is 10.6 Å². The highest BCUT2D eigenvalue weighted by Gasteiger charge is 2.17. The first-order valence-corrected chi connectivity index (χ1v) is 7.66. The second-order valence-electron chi connectivity index (χ2n) is 5.34. The SMILES string of the molecule is CCCc1c(NCC)ncnc1NCCC1CCC1. The summed E-state index contributed by atoms with van der Waals surface area (Å²) in [6.07, 6.45) is 9.31. The molecule has 1 aliphatic carbocycles. The van der Waals surface area contributed by atoms with Gasteiger partial charge in [0.1, 0.15) is 18.0 Å². The molecule has 1 aromatic rings. The predicted molar refractivity (Wildman–Crippen MR) is 80.6 cm³/mol. The predicted octanol–water partition coefficient (Wildman–Crippen LogP) is 3.46. The van der Waals surface area contributed by atoms with E-state index in [1.54, 1.807) is 6.33 Å². The number of nitrogens with one attached hydrogen (secondary N) is 2. The van der Waals surface area contributed by atoms with Crippen LogP contribution >= 0.6 is 0 Å². The van der Waals surface area contributed by atoms with E-state index >= 15 is 0 Å². The molecule has 4 nitrogen and oxygen atoms in total. The lowest BCUT2D eigenvalue weighted by molar-refractivity contribution is 0.303. The molecular weight excluding hydrogens is 236 g/mol. The molecule has 19 heavy (non-hydrogen) atoms. The van der Waals surface area contributed by atoms with Crippen molar-refractivity contribution in [3.63, 3.8) is 0 Å². The van der Waals surface area contributed by atoms with E-state index in [0.717, 1.165) is 43.5 Å². The molecular formula is C15H26N4. The van der Waals surface area contributed by atoms with Crippen molar-refractivity contribution in [2.24, 2.45) is 5.92 Å². The Hall–Kier alpha value is -1.32. The molecule has 0 unspecified atom stereocenters. The lowest BCUT2D eigenvalue weighted by atomic mass is 9.83. The average molecular weight is 262 g/mol. The Balaban J connectivity index is 1.97. The minimum atomic E-state index is 0.898. The van der Waals surface area contributed by atoms with Gasteiger partial charge in [-0.1, -0.05) is 32.6 Å². The van der Waals surface area contributed by atoms with Crippen LogP contribution in [-0.2, 0) is 6.42 Å². The zero-order chi connectivity index (χ0) is 13.5. The van der Waals surface area contributed by atoms with Crippen LogP contribution in [0.1, 0.15) is 51.5 Å². The Labute approximate surface area is 116 Å². The van der Waals surface area contributed by atoms with Crippen molar-refractivity contribution >= 4 is 11.6 Å². The van der Waals surface area contributed by atoms with Crippen molar-refractivity contribution in [2.45, 2.75) is 52.4 Å². The van der Waals surface area contributed by atoms with Crippen molar-refractivity contribution in [1.82, 2.24) is 9.97 Å². The minimum absolute atomic E-state index is 0.898. The van der Waals surface area contributed by atoms with Crippen LogP contribution in [0.25, 0.3) is 0 Å². The summed E-state index contributed by atoms with van der Waals surface area (Å²) >= 11 is 0. The number of hydrogen-bond donors (Lipinski definition) is 2. The quantitative estimate of drug-likeness (QED) is 0.753. The first-order valence-electron chi connectivity index (χ1n) is 7.66. The van der Waals surface area contributed by atoms with Crippen LogP contribution in [0.3, 0.4) is 0 Å². The summed E-state index contributed by atoms with van der Waals surface area (Å²) in [5, 5.41) is 6.84. The molecule has 1 heterocycles. The molecule has 0 saturated heterocycles. The lowest BCUT2D eigenvalue weighted by Gasteiger charge is -2.25. The van der Waals surface area contributed by atoms with E-state index in [9.17, 15) is 0 Å². The van der Waals surface area contributed by atoms with Crippen LogP contribution < -0.4 is 10.6 Å². The number of nitrogens with zero attached hydrogens (tertiary/aromatic N) is 2. The number of aromatic nitrogens is 2. The van der Waals surface area contributed by atoms with Gasteiger partial charge >= 0.3 is 0 Å². The van der Waals surface area contributed by atoms with E-state index in [1.807, 2.05) is 0 Å². The third-order valence-corrected chi connectivity index (χ3v) is 3.86. The molecule has 1 aromatic heterocycles. The van der Waals surface area contributed by atoms with Gasteiger partial charge in [0, 0.05) is 18.7 Å². The largest absolute Gasteiger partial charge is 0.370 e. The monoisotopic (exact) mass is 262 g/mol. The van der Waals surface area contributed by atoms with Gasteiger partial charge in [-0.25, -0.2) is 9.97 Å². The Kier molecular flexibility index (Phi) is 5.43.